The first-order valence-corrected chi connectivity index (χ1v) is 17.0. The smallest absolute Gasteiger partial charge is 0.293 e. The number of carbonyl (C=O) groups excluding carboxylic acids is 2. The summed E-state index contributed by atoms with van der Waals surface area (Å²) in [5.74, 6) is -1.17. The van der Waals surface area contributed by atoms with Crippen molar-refractivity contribution in [3.05, 3.63) is 125 Å². The van der Waals surface area contributed by atoms with Crippen LogP contribution < -0.4 is 10.0 Å². The van der Waals surface area contributed by atoms with Gasteiger partial charge in [-0.25, -0.2) is 17.5 Å². The molecule has 1 heterocycles. The van der Waals surface area contributed by atoms with Gasteiger partial charge in [0.1, 0.15) is 11.5 Å². The van der Waals surface area contributed by atoms with E-state index < -0.39 is 43.3 Å². The van der Waals surface area contributed by atoms with Gasteiger partial charge >= 0.3 is 0 Å². The van der Waals surface area contributed by atoms with Gasteiger partial charge in [0.25, 0.3) is 21.6 Å². The summed E-state index contributed by atoms with van der Waals surface area (Å²) in [7, 11) is -1.31. The minimum atomic E-state index is -4.53. The Morgan fingerprint density at radius 3 is 2.40 bits per heavy atom. The van der Waals surface area contributed by atoms with Crippen molar-refractivity contribution in [1.29, 1.82) is 0 Å². The second kappa shape index (κ2) is 14.6. The first-order chi connectivity index (χ1) is 22.9. The highest BCUT2D eigenvalue weighted by molar-refractivity contribution is 7.99. The lowest BCUT2D eigenvalue weighted by atomic mass is 10.0. The van der Waals surface area contributed by atoms with Crippen LogP contribution in [0.3, 0.4) is 0 Å². The maximum Gasteiger partial charge on any atom is 0.293 e. The van der Waals surface area contributed by atoms with Crippen LogP contribution in [-0.2, 0) is 14.8 Å². The van der Waals surface area contributed by atoms with E-state index in [9.17, 15) is 32.5 Å². The fraction of sp³-hybridized carbons (Fsp3) is 0.147. The number of carbonyl (C=O) groups is 2. The Hall–Kier alpha value is -5.34. The Bertz CT molecular complexity index is 2100. The molecule has 0 unspecified atom stereocenters. The topological polar surface area (TPSA) is 152 Å². The number of fused-ring (bicyclic) bond motifs is 1. The van der Waals surface area contributed by atoms with E-state index in [2.05, 4.69) is 10.3 Å². The number of rotatable bonds is 12. The summed E-state index contributed by atoms with van der Waals surface area (Å²) < 4.78 is 42.6. The fourth-order valence-electron chi connectivity index (χ4n) is 4.84. The fourth-order valence-corrected chi connectivity index (χ4v) is 6.78. The maximum absolute atomic E-state index is 14.3. The van der Waals surface area contributed by atoms with Gasteiger partial charge in [-0.1, -0.05) is 30.3 Å². The van der Waals surface area contributed by atoms with E-state index in [1.54, 1.807) is 50.6 Å². The average molecular weight is 688 g/mol. The highest BCUT2D eigenvalue weighted by Gasteiger charge is 2.26. The molecule has 1 atom stereocenters. The van der Waals surface area contributed by atoms with E-state index in [-0.39, 0.29) is 23.6 Å². The molecule has 11 nitrogen and oxygen atoms in total. The third-order valence-corrected chi connectivity index (χ3v) is 9.85. The van der Waals surface area contributed by atoms with Crippen LogP contribution in [0, 0.1) is 15.9 Å². The summed E-state index contributed by atoms with van der Waals surface area (Å²) >= 11 is 1.46. The molecule has 0 fully saturated rings. The van der Waals surface area contributed by atoms with Crippen molar-refractivity contribution in [2.45, 2.75) is 22.3 Å². The van der Waals surface area contributed by atoms with Crippen LogP contribution >= 0.6 is 11.8 Å². The Morgan fingerprint density at radius 2 is 1.71 bits per heavy atom. The molecular weight excluding hydrogens is 658 g/mol. The monoisotopic (exact) mass is 687 g/mol. The molecular formula is C34H30FN5O6S2. The Morgan fingerprint density at radius 1 is 0.979 bits per heavy atom. The highest BCUT2D eigenvalue weighted by atomic mass is 32.2. The molecule has 5 aromatic rings. The standard InChI is InChI=1S/C34H30FN5O6S2/c1-39(2)32(41)19-24(21-47-25-7-4-3-5-8-25)37-30-17-14-26(20-31(30)40(43)44)48(45,46)38-34(42)23-12-10-22(11-13-23)27-15-16-29(35)28-9-6-18-36-33(27)28/h3-18,20,24,37H,19,21H2,1-2H3,(H,38,42)/t24-/m1/s1. The van der Waals surface area contributed by atoms with Crippen LogP contribution in [0.25, 0.3) is 22.0 Å². The Balaban J connectivity index is 1.34. The molecule has 2 N–H and O–H groups in total. The molecule has 2 amide bonds. The zero-order chi connectivity index (χ0) is 34.4. The van der Waals surface area contributed by atoms with Crippen molar-refractivity contribution in [3.8, 4) is 11.1 Å². The molecule has 0 aliphatic heterocycles. The van der Waals surface area contributed by atoms with Crippen molar-refractivity contribution in [2.75, 3.05) is 25.2 Å². The molecule has 0 aliphatic rings. The number of benzene rings is 4. The van der Waals surface area contributed by atoms with Crippen molar-refractivity contribution in [3.63, 3.8) is 0 Å². The van der Waals surface area contributed by atoms with Crippen LogP contribution in [0.5, 0.6) is 0 Å². The van der Waals surface area contributed by atoms with Gasteiger partial charge in [-0.05, 0) is 66.2 Å². The summed E-state index contributed by atoms with van der Waals surface area (Å²) in [5, 5.41) is 15.4. The third kappa shape index (κ3) is 7.96. The molecule has 246 valence electrons. The first kappa shape index (κ1) is 34.0. The molecule has 0 saturated carbocycles. The molecule has 1 aromatic heterocycles. The van der Waals surface area contributed by atoms with Gasteiger partial charge in [-0.3, -0.25) is 24.7 Å². The number of nitrogens with zero attached hydrogens (tertiary/aromatic N) is 3. The second-order valence-electron chi connectivity index (χ2n) is 10.9. The number of nitrogens with one attached hydrogen (secondary N) is 2. The van der Waals surface area contributed by atoms with E-state index in [4.69, 9.17) is 0 Å². The van der Waals surface area contributed by atoms with Crippen LogP contribution in [0.2, 0.25) is 0 Å². The molecule has 0 bridgehead atoms. The molecule has 14 heteroatoms. The number of halogens is 1. The van der Waals surface area contributed by atoms with Gasteiger partial charge < -0.3 is 10.2 Å². The lowest BCUT2D eigenvalue weighted by molar-refractivity contribution is -0.384. The molecule has 0 spiro atoms. The van der Waals surface area contributed by atoms with E-state index in [1.165, 1.54) is 40.9 Å². The number of hydrogen-bond acceptors (Lipinski definition) is 9. The highest BCUT2D eigenvalue weighted by Crippen LogP contribution is 2.31. The Kier molecular flexibility index (Phi) is 10.4. The average Bonchev–Trinajstić information content (AvgIpc) is 3.07. The van der Waals surface area contributed by atoms with E-state index >= 15 is 0 Å². The summed E-state index contributed by atoms with van der Waals surface area (Å²) in [5.41, 5.74) is 1.18. The number of anilines is 1. The number of amides is 2. The van der Waals surface area contributed by atoms with Crippen molar-refractivity contribution in [1.82, 2.24) is 14.6 Å². The lowest BCUT2D eigenvalue weighted by Crippen LogP contribution is -2.32. The SMILES string of the molecule is CN(C)C(=O)C[C@H](CSc1ccccc1)Nc1ccc(S(=O)(=O)NC(=O)c2ccc(-c3ccc(F)c4cccnc34)cc2)cc1[N+](=O)[O-]. The number of thioether (sulfide) groups is 1. The van der Waals surface area contributed by atoms with Crippen LogP contribution in [0.4, 0.5) is 15.8 Å². The number of pyridine rings is 1. The van der Waals surface area contributed by atoms with Crippen LogP contribution in [0.1, 0.15) is 16.8 Å². The minimum Gasteiger partial charge on any atom is -0.375 e. The normalized spacial score (nSPS) is 11.9. The van der Waals surface area contributed by atoms with Gasteiger partial charge in [-0.2, -0.15) is 0 Å². The molecule has 5 rings (SSSR count). The van der Waals surface area contributed by atoms with Crippen LogP contribution in [0.15, 0.2) is 113 Å². The van der Waals surface area contributed by atoms with Gasteiger partial charge in [0.2, 0.25) is 5.91 Å². The molecule has 48 heavy (non-hydrogen) atoms. The number of nitro benzene ring substituents is 1. The number of nitro groups is 1. The molecule has 0 radical (unpaired) electrons. The minimum absolute atomic E-state index is 0.0128. The van der Waals surface area contributed by atoms with Gasteiger partial charge in [0.15, 0.2) is 0 Å². The van der Waals surface area contributed by atoms with E-state index in [0.717, 1.165) is 17.0 Å². The lowest BCUT2D eigenvalue weighted by Gasteiger charge is -2.21. The zero-order valence-corrected chi connectivity index (χ0v) is 27.4. The second-order valence-corrected chi connectivity index (χ2v) is 13.7. The van der Waals surface area contributed by atoms with E-state index in [1.807, 2.05) is 35.1 Å². The summed E-state index contributed by atoms with van der Waals surface area (Å²) in [6.07, 6.45) is 1.58. The molecule has 4 aromatic carbocycles. The van der Waals surface area contributed by atoms with Gasteiger partial charge in [0, 0.05) is 66.0 Å². The quantitative estimate of drug-likeness (QED) is 0.0898. The van der Waals surface area contributed by atoms with Crippen molar-refractivity contribution >= 4 is 55.9 Å². The predicted octanol–water partition coefficient (Wildman–Crippen LogP) is 6.12. The Labute approximate surface area is 280 Å². The zero-order valence-electron chi connectivity index (χ0n) is 25.8. The number of sulfonamides is 1. The van der Waals surface area contributed by atoms with E-state index in [0.29, 0.717) is 27.8 Å². The third-order valence-electron chi connectivity index (χ3n) is 7.35. The maximum atomic E-state index is 14.3. The largest absolute Gasteiger partial charge is 0.375 e. The van der Waals surface area contributed by atoms with Gasteiger partial charge in [-0.15, -0.1) is 11.8 Å². The predicted molar refractivity (Wildman–Crippen MR) is 183 cm³/mol. The van der Waals surface area contributed by atoms with Crippen LogP contribution in [-0.4, -0.2) is 60.9 Å². The van der Waals surface area contributed by atoms with Crippen molar-refractivity contribution < 1.29 is 27.3 Å². The number of aromatic nitrogens is 1. The van der Waals surface area contributed by atoms with Crippen molar-refractivity contribution in [2.24, 2.45) is 0 Å². The van der Waals surface area contributed by atoms with Gasteiger partial charge in [0.05, 0.1) is 15.3 Å². The molecule has 0 aliphatic carbocycles. The summed E-state index contributed by atoms with van der Waals surface area (Å²) in [6, 6.07) is 24.3. The molecule has 0 saturated heterocycles. The summed E-state index contributed by atoms with van der Waals surface area (Å²) in [6.45, 7) is 0. The first-order valence-electron chi connectivity index (χ1n) is 14.6. The number of hydrogen-bond donors (Lipinski definition) is 2. The summed E-state index contributed by atoms with van der Waals surface area (Å²) in [4.78, 5) is 43.0.